The number of rotatable bonds is 13. The lowest BCUT2D eigenvalue weighted by Gasteiger charge is -2.36. The molecule has 0 fully saturated rings. The zero-order chi connectivity index (χ0) is 16.1. The third kappa shape index (κ3) is 10.3. The maximum Gasteiger partial charge on any atom is 0.0775 e. The minimum absolute atomic E-state index is 0.198. The molecule has 0 aromatic heterocycles. The van der Waals surface area contributed by atoms with Gasteiger partial charge >= 0.3 is 0 Å². The molecule has 21 heavy (non-hydrogen) atoms. The average molecular weight is 300 g/mol. The molecule has 2 nitrogen and oxygen atoms in total. The number of hydrogen-bond acceptors (Lipinski definition) is 2. The van der Waals surface area contributed by atoms with Crippen molar-refractivity contribution in [3.8, 4) is 0 Å². The van der Waals surface area contributed by atoms with Crippen LogP contribution in [0.5, 0.6) is 0 Å². The summed E-state index contributed by atoms with van der Waals surface area (Å²) in [6.07, 6.45) is 12.6. The molecular formula is C19H41NO. The van der Waals surface area contributed by atoms with E-state index in [0.717, 1.165) is 6.61 Å². The van der Waals surface area contributed by atoms with Crippen LogP contribution >= 0.6 is 0 Å². The molecule has 1 N–H and O–H groups in total. The van der Waals surface area contributed by atoms with Gasteiger partial charge in [0, 0.05) is 12.6 Å². The maximum absolute atomic E-state index is 6.02. The van der Waals surface area contributed by atoms with Crippen LogP contribution in [0.3, 0.4) is 0 Å². The Morgan fingerprint density at radius 3 is 1.81 bits per heavy atom. The highest BCUT2D eigenvalue weighted by molar-refractivity contribution is 4.85. The molecule has 0 aromatic rings. The summed E-state index contributed by atoms with van der Waals surface area (Å²) in [6, 6.07) is 0.477. The van der Waals surface area contributed by atoms with E-state index in [4.69, 9.17) is 4.74 Å². The Labute approximate surface area is 134 Å². The predicted molar refractivity (Wildman–Crippen MR) is 94.9 cm³/mol. The summed E-state index contributed by atoms with van der Waals surface area (Å²) in [7, 11) is 2.08. The van der Waals surface area contributed by atoms with E-state index < -0.39 is 0 Å². The molecule has 0 amide bonds. The van der Waals surface area contributed by atoms with Gasteiger partial charge in [0.05, 0.1) is 6.10 Å². The van der Waals surface area contributed by atoms with Crippen molar-refractivity contribution in [2.75, 3.05) is 13.7 Å². The molecular weight excluding hydrogens is 258 g/mol. The fourth-order valence-electron chi connectivity index (χ4n) is 3.09. The van der Waals surface area contributed by atoms with E-state index in [9.17, 15) is 0 Å². The quantitative estimate of drug-likeness (QED) is 0.450. The van der Waals surface area contributed by atoms with Crippen molar-refractivity contribution in [3.63, 3.8) is 0 Å². The third-order valence-corrected chi connectivity index (χ3v) is 4.30. The van der Waals surface area contributed by atoms with Gasteiger partial charge in [0.25, 0.3) is 0 Å². The van der Waals surface area contributed by atoms with Gasteiger partial charge in [-0.3, -0.25) is 0 Å². The topological polar surface area (TPSA) is 21.3 Å². The average Bonchev–Trinajstić information content (AvgIpc) is 2.43. The number of ether oxygens (including phenoxy) is 1. The first-order valence-electron chi connectivity index (χ1n) is 9.26. The molecule has 2 atom stereocenters. The van der Waals surface area contributed by atoms with Gasteiger partial charge in [-0.1, -0.05) is 79.1 Å². The molecule has 0 rings (SSSR count). The van der Waals surface area contributed by atoms with Gasteiger partial charge in [-0.15, -0.1) is 0 Å². The first kappa shape index (κ1) is 20.9. The van der Waals surface area contributed by atoms with Crippen LogP contribution in [0.4, 0.5) is 0 Å². The van der Waals surface area contributed by atoms with Crippen LogP contribution in [-0.4, -0.2) is 25.8 Å². The lowest BCUT2D eigenvalue weighted by Crippen LogP contribution is -2.47. The molecule has 2 unspecified atom stereocenters. The summed E-state index contributed by atoms with van der Waals surface area (Å²) in [5.41, 5.74) is 0.198. The van der Waals surface area contributed by atoms with Crippen LogP contribution in [-0.2, 0) is 4.74 Å². The lowest BCUT2D eigenvalue weighted by atomic mass is 9.82. The van der Waals surface area contributed by atoms with E-state index in [0.29, 0.717) is 12.1 Å². The van der Waals surface area contributed by atoms with Crippen molar-refractivity contribution in [2.24, 2.45) is 5.41 Å². The van der Waals surface area contributed by atoms with Crippen LogP contribution < -0.4 is 5.32 Å². The standard InChI is InChI=1S/C19H41NO/c1-7-9-10-11-12-13-14-15-16-17(20-6)18(21-8-2)19(3,4)5/h17-18,20H,7-16H2,1-6H3. The zero-order valence-electron chi connectivity index (χ0n) is 15.6. The first-order valence-corrected chi connectivity index (χ1v) is 9.26. The second-order valence-corrected chi connectivity index (χ2v) is 7.40. The number of nitrogens with one attached hydrogen (secondary N) is 1. The molecule has 0 saturated carbocycles. The van der Waals surface area contributed by atoms with Crippen LogP contribution in [0.2, 0.25) is 0 Å². The summed E-state index contributed by atoms with van der Waals surface area (Å²) < 4.78 is 6.02. The van der Waals surface area contributed by atoms with Crippen LogP contribution in [0.1, 0.15) is 92.4 Å². The Balaban J connectivity index is 3.92. The van der Waals surface area contributed by atoms with Gasteiger partial charge in [-0.25, -0.2) is 0 Å². The highest BCUT2D eigenvalue weighted by Crippen LogP contribution is 2.27. The number of unbranched alkanes of at least 4 members (excludes halogenated alkanes) is 7. The minimum atomic E-state index is 0.198. The molecule has 2 heteroatoms. The normalized spacial score (nSPS) is 15.1. The third-order valence-electron chi connectivity index (χ3n) is 4.30. The number of hydrogen-bond donors (Lipinski definition) is 1. The van der Waals surface area contributed by atoms with Crippen LogP contribution in [0.25, 0.3) is 0 Å². The highest BCUT2D eigenvalue weighted by atomic mass is 16.5. The summed E-state index contributed by atoms with van der Waals surface area (Å²) in [5, 5.41) is 3.49. The summed E-state index contributed by atoms with van der Waals surface area (Å²) in [4.78, 5) is 0. The highest BCUT2D eigenvalue weighted by Gasteiger charge is 2.31. The monoisotopic (exact) mass is 299 g/mol. The van der Waals surface area contributed by atoms with Gasteiger partial charge in [0.2, 0.25) is 0 Å². The van der Waals surface area contributed by atoms with E-state index in [2.05, 4.69) is 47.0 Å². The van der Waals surface area contributed by atoms with E-state index >= 15 is 0 Å². The smallest absolute Gasteiger partial charge is 0.0775 e. The Morgan fingerprint density at radius 1 is 0.857 bits per heavy atom. The van der Waals surface area contributed by atoms with Gasteiger partial charge in [0.1, 0.15) is 0 Å². The van der Waals surface area contributed by atoms with Crippen molar-refractivity contribution in [2.45, 2.75) is 105 Å². The summed E-state index contributed by atoms with van der Waals surface area (Å²) in [5.74, 6) is 0. The Bertz CT molecular complexity index is 222. The fourth-order valence-corrected chi connectivity index (χ4v) is 3.09. The van der Waals surface area contributed by atoms with Gasteiger partial charge in [-0.2, -0.15) is 0 Å². The molecule has 0 heterocycles. The molecule has 0 bridgehead atoms. The van der Waals surface area contributed by atoms with Gasteiger partial charge < -0.3 is 10.1 Å². The van der Waals surface area contributed by atoms with Crippen LogP contribution in [0, 0.1) is 5.41 Å². The zero-order valence-corrected chi connectivity index (χ0v) is 15.6. The molecule has 0 aromatic carbocycles. The molecule has 0 aliphatic carbocycles. The van der Waals surface area contributed by atoms with Crippen molar-refractivity contribution >= 4 is 0 Å². The second-order valence-electron chi connectivity index (χ2n) is 7.40. The fraction of sp³-hybridized carbons (Fsp3) is 1.00. The van der Waals surface area contributed by atoms with Crippen molar-refractivity contribution < 1.29 is 4.74 Å². The van der Waals surface area contributed by atoms with E-state index in [1.807, 2.05) is 0 Å². The van der Waals surface area contributed by atoms with Crippen molar-refractivity contribution in [1.29, 1.82) is 0 Å². The van der Waals surface area contributed by atoms with Crippen LogP contribution in [0.15, 0.2) is 0 Å². The summed E-state index contributed by atoms with van der Waals surface area (Å²) >= 11 is 0. The van der Waals surface area contributed by atoms with E-state index in [1.165, 1.54) is 57.8 Å². The molecule has 128 valence electrons. The molecule has 0 aliphatic rings. The molecule has 0 saturated heterocycles. The maximum atomic E-state index is 6.02. The lowest BCUT2D eigenvalue weighted by molar-refractivity contribution is -0.0363. The molecule has 0 radical (unpaired) electrons. The van der Waals surface area contributed by atoms with Crippen molar-refractivity contribution in [1.82, 2.24) is 5.32 Å². The van der Waals surface area contributed by atoms with Gasteiger partial charge in [0.15, 0.2) is 0 Å². The van der Waals surface area contributed by atoms with Gasteiger partial charge in [-0.05, 0) is 25.8 Å². The van der Waals surface area contributed by atoms with E-state index in [-0.39, 0.29) is 5.41 Å². The molecule has 0 aliphatic heterocycles. The Kier molecular flexibility index (Phi) is 12.4. The molecule has 0 spiro atoms. The minimum Gasteiger partial charge on any atom is -0.376 e. The Morgan fingerprint density at radius 2 is 1.38 bits per heavy atom. The predicted octanol–water partition coefficient (Wildman–Crippen LogP) is 5.56. The van der Waals surface area contributed by atoms with Crippen molar-refractivity contribution in [3.05, 3.63) is 0 Å². The second kappa shape index (κ2) is 12.5. The first-order chi connectivity index (χ1) is 9.97. The van der Waals surface area contributed by atoms with E-state index in [1.54, 1.807) is 0 Å². The number of likely N-dealkylation sites (N-methyl/N-ethyl adjacent to an activating group) is 1. The Hall–Kier alpha value is -0.0800. The SMILES string of the molecule is CCCCCCCCCCC(NC)C(OCC)C(C)(C)C. The summed E-state index contributed by atoms with van der Waals surface area (Å²) in [6.45, 7) is 12.0. The largest absolute Gasteiger partial charge is 0.376 e.